The van der Waals surface area contributed by atoms with Gasteiger partial charge >= 0.3 is 0 Å². The van der Waals surface area contributed by atoms with Gasteiger partial charge in [0.05, 0.1) is 6.61 Å². The molecule has 0 aliphatic carbocycles. The van der Waals surface area contributed by atoms with Gasteiger partial charge in [-0.3, -0.25) is 0 Å². The van der Waals surface area contributed by atoms with Crippen molar-refractivity contribution < 1.29 is 5.11 Å². The molecule has 0 fully saturated rings. The molecule has 0 saturated carbocycles. The van der Waals surface area contributed by atoms with E-state index in [9.17, 15) is 0 Å². The Balaban J connectivity index is 2.43. The van der Waals surface area contributed by atoms with E-state index in [-0.39, 0.29) is 6.61 Å². The van der Waals surface area contributed by atoms with Crippen molar-refractivity contribution in [1.82, 2.24) is 0 Å². The van der Waals surface area contributed by atoms with Gasteiger partial charge in [-0.05, 0) is 12.1 Å². The summed E-state index contributed by atoms with van der Waals surface area (Å²) in [5, 5.41) is 8.52. The quantitative estimate of drug-likeness (QED) is 0.507. The normalized spacial score (nSPS) is 9.70. The molecule has 0 radical (unpaired) electrons. The zero-order chi connectivity index (χ0) is 7.23. The van der Waals surface area contributed by atoms with Crippen LogP contribution in [0.15, 0.2) is 35.2 Å². The van der Waals surface area contributed by atoms with Gasteiger partial charge in [0, 0.05) is 11.8 Å². The third-order valence-corrected chi connectivity index (χ3v) is 2.24. The van der Waals surface area contributed by atoms with Crippen molar-refractivity contribution in [2.75, 3.05) is 12.4 Å². The molecule has 1 nitrogen and oxygen atoms in total. The Labute approximate surface area is 65.1 Å². The van der Waals surface area contributed by atoms with Crippen LogP contribution in [-0.4, -0.2) is 17.5 Å². The number of thiol groups is 1. The van der Waals surface area contributed by atoms with Gasteiger partial charge in [-0.1, -0.05) is 18.2 Å². The lowest BCUT2D eigenvalue weighted by atomic mass is 10.4. The van der Waals surface area contributed by atoms with E-state index in [0.29, 0.717) is 0 Å². The van der Waals surface area contributed by atoms with Gasteiger partial charge in [-0.2, -0.15) is 0 Å². The van der Waals surface area contributed by atoms with Gasteiger partial charge in [-0.15, -0.1) is 0 Å². The topological polar surface area (TPSA) is 20.2 Å². The smallest absolute Gasteiger partial charge is 0.152 e. The maximum absolute atomic E-state index is 8.52. The minimum atomic E-state index is 0.274. The molecule has 10 heavy (non-hydrogen) atoms. The van der Waals surface area contributed by atoms with Crippen LogP contribution in [0.5, 0.6) is 0 Å². The van der Waals surface area contributed by atoms with Crippen LogP contribution in [0.2, 0.25) is 0 Å². The summed E-state index contributed by atoms with van der Waals surface area (Å²) in [5.74, 6) is 0.837. The summed E-state index contributed by atoms with van der Waals surface area (Å²) in [6.07, 6.45) is 0. The zero-order valence-electron chi connectivity index (χ0n) is 5.70. The fourth-order valence-corrected chi connectivity index (χ4v) is 1.45. The van der Waals surface area contributed by atoms with Crippen LogP contribution in [-0.2, 0) is 11.8 Å². The Bertz CT molecular complexity index is 174. The van der Waals surface area contributed by atoms with Gasteiger partial charge in [0.1, 0.15) is 5.75 Å². The van der Waals surface area contributed by atoms with Gasteiger partial charge in [-0.25, -0.2) is 0 Å². The van der Waals surface area contributed by atoms with Crippen LogP contribution in [0.4, 0.5) is 0 Å². The van der Waals surface area contributed by atoms with E-state index in [2.05, 4.69) is 12.1 Å². The van der Waals surface area contributed by atoms with Crippen LogP contribution < -0.4 is 0 Å². The van der Waals surface area contributed by atoms with Crippen LogP contribution in [0.1, 0.15) is 0 Å². The van der Waals surface area contributed by atoms with E-state index >= 15 is 0 Å². The van der Waals surface area contributed by atoms with Gasteiger partial charge in [0.15, 0.2) is 4.90 Å². The Morgan fingerprint density at radius 1 is 1.20 bits per heavy atom. The average Bonchev–Trinajstić information content (AvgIpc) is 2.03. The van der Waals surface area contributed by atoms with Crippen molar-refractivity contribution in [3.05, 3.63) is 30.3 Å². The summed E-state index contributed by atoms with van der Waals surface area (Å²) in [6.45, 7) is 0.274. The SMILES string of the molecule is OCC[SH+]c1ccccc1. The average molecular weight is 155 g/mol. The maximum atomic E-state index is 8.52. The van der Waals surface area contributed by atoms with E-state index < -0.39 is 0 Å². The summed E-state index contributed by atoms with van der Waals surface area (Å²) in [7, 11) is 0. The largest absolute Gasteiger partial charge is 0.391 e. The van der Waals surface area contributed by atoms with Crippen LogP contribution >= 0.6 is 0 Å². The molecule has 0 unspecified atom stereocenters. The fourth-order valence-electron chi connectivity index (χ4n) is 0.713. The number of aliphatic hydroxyl groups is 1. The van der Waals surface area contributed by atoms with E-state index in [0.717, 1.165) is 5.75 Å². The van der Waals surface area contributed by atoms with E-state index in [1.807, 2.05) is 18.2 Å². The Kier molecular flexibility index (Phi) is 3.33. The number of hydrogen-bond donors (Lipinski definition) is 1. The third kappa shape index (κ3) is 2.42. The first kappa shape index (κ1) is 7.63. The minimum absolute atomic E-state index is 0.274. The Hall–Kier alpha value is -0.470. The molecule has 0 amide bonds. The summed E-state index contributed by atoms with van der Waals surface area (Å²) >= 11 is 1.21. The van der Waals surface area contributed by atoms with Crippen LogP contribution in [0, 0.1) is 0 Å². The van der Waals surface area contributed by atoms with Crippen molar-refractivity contribution in [3.8, 4) is 0 Å². The summed E-state index contributed by atoms with van der Waals surface area (Å²) < 4.78 is 0. The minimum Gasteiger partial charge on any atom is -0.391 e. The zero-order valence-corrected chi connectivity index (χ0v) is 6.59. The lowest BCUT2D eigenvalue weighted by Crippen LogP contribution is -1.94. The van der Waals surface area contributed by atoms with Crippen LogP contribution in [0.25, 0.3) is 0 Å². The van der Waals surface area contributed by atoms with E-state index in [1.165, 1.54) is 16.7 Å². The molecule has 0 saturated heterocycles. The predicted molar refractivity (Wildman–Crippen MR) is 45.4 cm³/mol. The van der Waals surface area contributed by atoms with Crippen molar-refractivity contribution >= 4 is 11.8 Å². The monoisotopic (exact) mass is 155 g/mol. The Morgan fingerprint density at radius 2 is 1.90 bits per heavy atom. The maximum Gasteiger partial charge on any atom is 0.152 e. The third-order valence-electron chi connectivity index (χ3n) is 1.15. The highest BCUT2D eigenvalue weighted by molar-refractivity contribution is 7.78. The standard InChI is InChI=1S/C8H10OS/c9-6-7-10-8-4-2-1-3-5-8/h1-5,9H,6-7H2/p+1. The second-order valence-electron chi connectivity index (χ2n) is 1.94. The molecule has 1 rings (SSSR count). The second-order valence-corrected chi connectivity index (χ2v) is 3.22. The van der Waals surface area contributed by atoms with E-state index in [1.54, 1.807) is 0 Å². The summed E-state index contributed by atoms with van der Waals surface area (Å²) in [4.78, 5) is 1.27. The summed E-state index contributed by atoms with van der Waals surface area (Å²) in [6, 6.07) is 10.2. The van der Waals surface area contributed by atoms with Crippen molar-refractivity contribution in [3.63, 3.8) is 0 Å². The molecule has 1 N–H and O–H groups in total. The lowest BCUT2D eigenvalue weighted by Gasteiger charge is -1.87. The molecule has 54 valence electrons. The van der Waals surface area contributed by atoms with Gasteiger partial charge in [0.25, 0.3) is 0 Å². The number of hydrogen-bond acceptors (Lipinski definition) is 1. The number of aliphatic hydroxyl groups excluding tert-OH is 1. The first-order valence-corrected chi connectivity index (χ1v) is 4.35. The van der Waals surface area contributed by atoms with E-state index in [4.69, 9.17) is 5.11 Å². The lowest BCUT2D eigenvalue weighted by molar-refractivity contribution is 0.322. The first-order chi connectivity index (χ1) is 4.93. The summed E-state index contributed by atoms with van der Waals surface area (Å²) in [5.41, 5.74) is 0. The molecule has 1 aromatic carbocycles. The molecule has 1 aromatic rings. The molecule has 0 aliphatic rings. The number of benzene rings is 1. The van der Waals surface area contributed by atoms with Gasteiger partial charge in [0.2, 0.25) is 0 Å². The highest BCUT2D eigenvalue weighted by atomic mass is 32.2. The van der Waals surface area contributed by atoms with Crippen molar-refractivity contribution in [2.45, 2.75) is 4.90 Å². The molecule has 0 aromatic heterocycles. The molecule has 0 heterocycles. The highest BCUT2D eigenvalue weighted by Crippen LogP contribution is 2.00. The molecule has 2 heteroatoms. The Morgan fingerprint density at radius 3 is 2.50 bits per heavy atom. The molecule has 0 atom stereocenters. The van der Waals surface area contributed by atoms with Crippen molar-refractivity contribution in [1.29, 1.82) is 0 Å². The molecule has 0 aliphatic heterocycles. The van der Waals surface area contributed by atoms with Crippen LogP contribution in [0.3, 0.4) is 0 Å². The van der Waals surface area contributed by atoms with Gasteiger partial charge < -0.3 is 5.11 Å². The fraction of sp³-hybridized carbons (Fsp3) is 0.250. The molecular weight excluding hydrogens is 144 g/mol. The molecule has 0 bridgehead atoms. The molecule has 0 spiro atoms. The molecular formula is C8H11OS+. The van der Waals surface area contributed by atoms with Crippen molar-refractivity contribution in [2.24, 2.45) is 0 Å². The first-order valence-electron chi connectivity index (χ1n) is 3.27. The number of rotatable bonds is 3. The second kappa shape index (κ2) is 4.36. The predicted octanol–water partition coefficient (Wildman–Crippen LogP) is 0.853. The highest BCUT2D eigenvalue weighted by Gasteiger charge is 1.97.